The van der Waals surface area contributed by atoms with Crippen molar-refractivity contribution in [2.24, 2.45) is 5.92 Å². The summed E-state index contributed by atoms with van der Waals surface area (Å²) in [5.41, 5.74) is 2.78. The highest BCUT2D eigenvalue weighted by Crippen LogP contribution is 2.30. The maximum atomic E-state index is 12.3. The van der Waals surface area contributed by atoms with Crippen LogP contribution in [0.3, 0.4) is 0 Å². The number of carbonyl (C=O) groups is 2. The van der Waals surface area contributed by atoms with Crippen molar-refractivity contribution in [1.82, 2.24) is 4.90 Å². The van der Waals surface area contributed by atoms with Crippen LogP contribution in [0.4, 0.5) is 0 Å². The van der Waals surface area contributed by atoms with Gasteiger partial charge >= 0.3 is 5.97 Å². The standard InChI is InChI=1S/C24H31NO3/c1-18(17-20-6-2-3-7-20)5-4-8-22-13-14-23(26)25(22)16-15-19-9-11-21(12-10-19)24(27)28/h4-5,8-12,20,22H,2-3,6-7,13-17H2,1H3,(H,27,28)/b8-4+,18-5+/t22-/m0/s1. The van der Waals surface area contributed by atoms with E-state index in [4.69, 9.17) is 5.11 Å². The first-order valence-electron chi connectivity index (χ1n) is 10.5. The Morgan fingerprint density at radius 2 is 1.89 bits per heavy atom. The van der Waals surface area contributed by atoms with Gasteiger partial charge in [-0.2, -0.15) is 0 Å². The number of carboxylic acids is 1. The number of allylic oxidation sites excluding steroid dienone is 3. The molecule has 3 rings (SSSR count). The minimum absolute atomic E-state index is 0.168. The molecule has 2 fully saturated rings. The highest BCUT2D eigenvalue weighted by molar-refractivity contribution is 5.87. The predicted octanol–water partition coefficient (Wildman–Crippen LogP) is 5.00. The third kappa shape index (κ3) is 5.57. The highest BCUT2D eigenvalue weighted by Gasteiger charge is 2.28. The Bertz CT molecular complexity index is 742. The molecule has 1 aliphatic heterocycles. The molecule has 0 bridgehead atoms. The fraction of sp³-hybridized carbons (Fsp3) is 0.500. The average Bonchev–Trinajstić information content (AvgIpc) is 3.30. The zero-order valence-corrected chi connectivity index (χ0v) is 16.8. The van der Waals surface area contributed by atoms with Crippen molar-refractivity contribution < 1.29 is 14.7 Å². The van der Waals surface area contributed by atoms with Gasteiger partial charge in [0, 0.05) is 13.0 Å². The van der Waals surface area contributed by atoms with Gasteiger partial charge < -0.3 is 10.0 Å². The number of rotatable bonds is 8. The molecule has 28 heavy (non-hydrogen) atoms. The highest BCUT2D eigenvalue weighted by atomic mass is 16.4. The van der Waals surface area contributed by atoms with Gasteiger partial charge in [0.05, 0.1) is 11.6 Å². The molecule has 2 aliphatic rings. The van der Waals surface area contributed by atoms with Gasteiger partial charge in [0.1, 0.15) is 0 Å². The Labute approximate surface area is 167 Å². The number of hydrogen-bond donors (Lipinski definition) is 1. The molecular formula is C24H31NO3. The van der Waals surface area contributed by atoms with Crippen LogP contribution in [0.15, 0.2) is 48.1 Å². The number of benzene rings is 1. The minimum Gasteiger partial charge on any atom is -0.478 e. The van der Waals surface area contributed by atoms with Crippen molar-refractivity contribution >= 4 is 11.9 Å². The molecular weight excluding hydrogens is 350 g/mol. The Morgan fingerprint density at radius 1 is 1.18 bits per heavy atom. The molecule has 1 saturated carbocycles. The van der Waals surface area contributed by atoms with E-state index in [2.05, 4.69) is 25.2 Å². The van der Waals surface area contributed by atoms with Crippen LogP contribution in [0.25, 0.3) is 0 Å². The lowest BCUT2D eigenvalue weighted by Gasteiger charge is -2.22. The zero-order valence-electron chi connectivity index (χ0n) is 16.8. The van der Waals surface area contributed by atoms with E-state index in [1.54, 1.807) is 12.1 Å². The number of hydrogen-bond acceptors (Lipinski definition) is 2. The molecule has 1 aromatic rings. The van der Waals surface area contributed by atoms with Gasteiger partial charge in [-0.3, -0.25) is 4.79 Å². The fourth-order valence-corrected chi connectivity index (χ4v) is 4.40. The number of carboxylic acid groups (broad SMARTS) is 1. The van der Waals surface area contributed by atoms with Crippen molar-refractivity contribution in [3.8, 4) is 0 Å². The second kappa shape index (κ2) is 9.72. The van der Waals surface area contributed by atoms with Crippen molar-refractivity contribution in [3.05, 3.63) is 59.2 Å². The number of carbonyl (C=O) groups excluding carboxylic acids is 1. The lowest BCUT2D eigenvalue weighted by Crippen LogP contribution is -2.33. The molecule has 1 N–H and O–H groups in total. The van der Waals surface area contributed by atoms with E-state index in [1.807, 2.05) is 17.0 Å². The molecule has 1 aromatic carbocycles. The van der Waals surface area contributed by atoms with Crippen LogP contribution in [-0.2, 0) is 11.2 Å². The van der Waals surface area contributed by atoms with Gasteiger partial charge in [-0.1, -0.05) is 61.6 Å². The molecule has 0 spiro atoms. The van der Waals surface area contributed by atoms with E-state index in [0.29, 0.717) is 18.5 Å². The normalized spacial score (nSPS) is 21.2. The van der Waals surface area contributed by atoms with E-state index in [9.17, 15) is 9.59 Å². The minimum atomic E-state index is -0.914. The molecule has 1 atom stereocenters. The van der Waals surface area contributed by atoms with E-state index < -0.39 is 5.97 Å². The molecule has 1 saturated heterocycles. The van der Waals surface area contributed by atoms with Crippen molar-refractivity contribution in [2.45, 2.75) is 64.3 Å². The molecule has 0 radical (unpaired) electrons. The van der Waals surface area contributed by atoms with Gasteiger partial charge in [-0.15, -0.1) is 0 Å². The Hall–Kier alpha value is -2.36. The van der Waals surface area contributed by atoms with Crippen LogP contribution < -0.4 is 0 Å². The van der Waals surface area contributed by atoms with Gasteiger partial charge in [-0.25, -0.2) is 4.79 Å². The molecule has 0 unspecified atom stereocenters. The molecule has 4 heteroatoms. The second-order valence-electron chi connectivity index (χ2n) is 8.20. The number of likely N-dealkylation sites (tertiary alicyclic amines) is 1. The fourth-order valence-electron chi connectivity index (χ4n) is 4.40. The second-order valence-corrected chi connectivity index (χ2v) is 8.20. The summed E-state index contributed by atoms with van der Waals surface area (Å²) in [5, 5.41) is 8.98. The molecule has 150 valence electrons. The van der Waals surface area contributed by atoms with Gasteiger partial charge in [0.15, 0.2) is 0 Å². The molecule has 1 aliphatic carbocycles. The van der Waals surface area contributed by atoms with Crippen molar-refractivity contribution in [2.75, 3.05) is 6.54 Å². The van der Waals surface area contributed by atoms with E-state index >= 15 is 0 Å². The third-order valence-corrected chi connectivity index (χ3v) is 6.02. The monoisotopic (exact) mass is 381 g/mol. The Morgan fingerprint density at radius 3 is 2.57 bits per heavy atom. The summed E-state index contributed by atoms with van der Waals surface area (Å²) in [6.45, 7) is 2.88. The molecule has 0 aromatic heterocycles. The quantitative estimate of drug-likeness (QED) is 0.645. The van der Waals surface area contributed by atoms with Gasteiger partial charge in [0.2, 0.25) is 5.91 Å². The van der Waals surface area contributed by atoms with Crippen LogP contribution in [0.1, 0.15) is 67.8 Å². The summed E-state index contributed by atoms with van der Waals surface area (Å²) in [7, 11) is 0. The lowest BCUT2D eigenvalue weighted by molar-refractivity contribution is -0.128. The summed E-state index contributed by atoms with van der Waals surface area (Å²) >= 11 is 0. The Kier molecular flexibility index (Phi) is 7.07. The Balaban J connectivity index is 1.52. The van der Waals surface area contributed by atoms with Crippen molar-refractivity contribution in [1.29, 1.82) is 0 Å². The van der Waals surface area contributed by atoms with E-state index in [-0.39, 0.29) is 11.9 Å². The molecule has 1 amide bonds. The number of amides is 1. The van der Waals surface area contributed by atoms with Gasteiger partial charge in [0.25, 0.3) is 0 Å². The number of nitrogens with zero attached hydrogens (tertiary/aromatic N) is 1. The summed E-state index contributed by atoms with van der Waals surface area (Å²) < 4.78 is 0. The van der Waals surface area contributed by atoms with E-state index in [0.717, 1.165) is 24.3 Å². The maximum absolute atomic E-state index is 12.3. The smallest absolute Gasteiger partial charge is 0.335 e. The SMILES string of the molecule is C/C(=C\C=C\[C@H]1CCC(=O)N1CCc1ccc(C(=O)O)cc1)CC1CCCC1. The number of aromatic carboxylic acids is 1. The van der Waals surface area contributed by atoms with E-state index in [1.165, 1.54) is 37.7 Å². The van der Waals surface area contributed by atoms with Crippen LogP contribution in [-0.4, -0.2) is 34.5 Å². The summed E-state index contributed by atoms with van der Waals surface area (Å²) in [6, 6.07) is 7.09. The first kappa shape index (κ1) is 20.4. The third-order valence-electron chi connectivity index (χ3n) is 6.02. The average molecular weight is 382 g/mol. The summed E-state index contributed by atoms with van der Waals surface area (Å²) in [6.07, 6.45) is 15.4. The summed E-state index contributed by atoms with van der Waals surface area (Å²) in [5.74, 6) is 0.160. The first-order chi connectivity index (χ1) is 13.5. The first-order valence-corrected chi connectivity index (χ1v) is 10.5. The van der Waals surface area contributed by atoms with Crippen molar-refractivity contribution in [3.63, 3.8) is 0 Å². The van der Waals surface area contributed by atoms with Crippen LogP contribution in [0, 0.1) is 5.92 Å². The summed E-state index contributed by atoms with van der Waals surface area (Å²) in [4.78, 5) is 25.2. The topological polar surface area (TPSA) is 57.6 Å². The van der Waals surface area contributed by atoms with Gasteiger partial charge in [-0.05, 0) is 49.8 Å². The van der Waals surface area contributed by atoms with Crippen LogP contribution in [0.5, 0.6) is 0 Å². The molecule has 4 nitrogen and oxygen atoms in total. The maximum Gasteiger partial charge on any atom is 0.335 e. The zero-order chi connectivity index (χ0) is 19.9. The predicted molar refractivity (Wildman–Crippen MR) is 111 cm³/mol. The van der Waals surface area contributed by atoms with Crippen LogP contribution in [0.2, 0.25) is 0 Å². The molecule has 1 heterocycles. The largest absolute Gasteiger partial charge is 0.478 e. The van der Waals surface area contributed by atoms with Crippen LogP contribution >= 0.6 is 0 Å². The lowest BCUT2D eigenvalue weighted by atomic mass is 9.98.